The highest BCUT2D eigenvalue weighted by atomic mass is 16.4. The minimum atomic E-state index is -0.795. The van der Waals surface area contributed by atoms with Crippen molar-refractivity contribution in [3.8, 4) is 0 Å². The first-order valence-electron chi connectivity index (χ1n) is 7.15. The fourth-order valence-corrected chi connectivity index (χ4v) is 2.72. The molecule has 6 nitrogen and oxygen atoms in total. The zero-order valence-electron chi connectivity index (χ0n) is 12.1. The Morgan fingerprint density at radius 2 is 2.14 bits per heavy atom. The first-order valence-corrected chi connectivity index (χ1v) is 7.15. The van der Waals surface area contributed by atoms with Crippen LogP contribution in [0.1, 0.15) is 36.0 Å². The van der Waals surface area contributed by atoms with Gasteiger partial charge < -0.3 is 14.6 Å². The smallest absolute Gasteiger partial charge is 0.303 e. The summed E-state index contributed by atoms with van der Waals surface area (Å²) in [7, 11) is 1.62. The van der Waals surface area contributed by atoms with Crippen LogP contribution in [0.15, 0.2) is 23.1 Å². The number of piperidine rings is 1. The Morgan fingerprint density at radius 3 is 2.81 bits per heavy atom. The van der Waals surface area contributed by atoms with Crippen LogP contribution in [-0.2, 0) is 11.8 Å². The second-order valence-corrected chi connectivity index (χ2v) is 5.56. The second-order valence-electron chi connectivity index (χ2n) is 5.56. The van der Waals surface area contributed by atoms with E-state index >= 15 is 0 Å². The van der Waals surface area contributed by atoms with Gasteiger partial charge in [0.05, 0.1) is 5.56 Å². The van der Waals surface area contributed by atoms with Gasteiger partial charge in [0, 0.05) is 38.8 Å². The Kier molecular flexibility index (Phi) is 4.77. The predicted molar refractivity (Wildman–Crippen MR) is 77.2 cm³/mol. The van der Waals surface area contributed by atoms with Gasteiger partial charge in [0.15, 0.2) is 0 Å². The quantitative estimate of drug-likeness (QED) is 0.901. The van der Waals surface area contributed by atoms with Crippen LogP contribution in [0.2, 0.25) is 0 Å². The van der Waals surface area contributed by atoms with E-state index in [4.69, 9.17) is 5.11 Å². The lowest BCUT2D eigenvalue weighted by molar-refractivity contribution is -0.137. The maximum absolute atomic E-state index is 12.4. The molecule has 1 unspecified atom stereocenters. The highest BCUT2D eigenvalue weighted by Gasteiger charge is 2.25. The largest absolute Gasteiger partial charge is 0.481 e. The maximum atomic E-state index is 12.4. The van der Waals surface area contributed by atoms with Gasteiger partial charge >= 0.3 is 5.97 Å². The van der Waals surface area contributed by atoms with E-state index in [1.807, 2.05) is 0 Å². The van der Waals surface area contributed by atoms with Crippen molar-refractivity contribution < 1.29 is 14.7 Å². The lowest BCUT2D eigenvalue weighted by Gasteiger charge is -2.32. The van der Waals surface area contributed by atoms with Crippen LogP contribution in [0.5, 0.6) is 0 Å². The number of carbonyl (C=O) groups excluding carboxylic acids is 1. The summed E-state index contributed by atoms with van der Waals surface area (Å²) in [6.07, 6.45) is 4.15. The van der Waals surface area contributed by atoms with Crippen LogP contribution < -0.4 is 5.56 Å². The number of hydrogen-bond donors (Lipinski definition) is 1. The zero-order valence-corrected chi connectivity index (χ0v) is 12.1. The van der Waals surface area contributed by atoms with E-state index in [0.29, 0.717) is 25.1 Å². The van der Waals surface area contributed by atoms with Crippen molar-refractivity contribution in [3.05, 3.63) is 34.2 Å². The average Bonchev–Trinajstić information content (AvgIpc) is 2.47. The monoisotopic (exact) mass is 292 g/mol. The third kappa shape index (κ3) is 3.93. The third-order valence-corrected chi connectivity index (χ3v) is 3.91. The second kappa shape index (κ2) is 6.56. The van der Waals surface area contributed by atoms with E-state index in [0.717, 1.165) is 12.8 Å². The molecule has 1 aliphatic heterocycles. The minimum Gasteiger partial charge on any atom is -0.481 e. The SMILES string of the molecule is Cn1cc(C(=O)N2CCCC(CCC(=O)O)C2)ccc1=O. The van der Waals surface area contributed by atoms with Gasteiger partial charge in [0.1, 0.15) is 0 Å². The van der Waals surface area contributed by atoms with Crippen LogP contribution in [0.25, 0.3) is 0 Å². The molecule has 0 saturated carbocycles. The molecule has 1 aromatic rings. The minimum absolute atomic E-state index is 0.0920. The van der Waals surface area contributed by atoms with Crippen molar-refractivity contribution in [3.63, 3.8) is 0 Å². The number of aryl methyl sites for hydroxylation is 1. The van der Waals surface area contributed by atoms with Crippen molar-refractivity contribution in [2.24, 2.45) is 13.0 Å². The van der Waals surface area contributed by atoms with Crippen LogP contribution in [-0.4, -0.2) is 39.5 Å². The van der Waals surface area contributed by atoms with Gasteiger partial charge in [-0.2, -0.15) is 0 Å². The van der Waals surface area contributed by atoms with Crippen molar-refractivity contribution in [1.82, 2.24) is 9.47 Å². The van der Waals surface area contributed by atoms with E-state index in [2.05, 4.69) is 0 Å². The van der Waals surface area contributed by atoms with Gasteiger partial charge in [-0.25, -0.2) is 0 Å². The first kappa shape index (κ1) is 15.3. The highest BCUT2D eigenvalue weighted by Crippen LogP contribution is 2.22. The van der Waals surface area contributed by atoms with E-state index in [1.165, 1.54) is 10.6 Å². The summed E-state index contributed by atoms with van der Waals surface area (Å²) >= 11 is 0. The molecule has 2 heterocycles. The number of aromatic nitrogens is 1. The topological polar surface area (TPSA) is 79.6 Å². The first-order chi connectivity index (χ1) is 9.97. The van der Waals surface area contributed by atoms with Crippen molar-refractivity contribution >= 4 is 11.9 Å². The van der Waals surface area contributed by atoms with Gasteiger partial charge in [0.25, 0.3) is 5.91 Å². The molecule has 6 heteroatoms. The fourth-order valence-electron chi connectivity index (χ4n) is 2.72. The Bertz CT molecular complexity index is 594. The molecule has 1 aliphatic rings. The van der Waals surface area contributed by atoms with E-state index in [9.17, 15) is 14.4 Å². The molecule has 0 spiro atoms. The molecular weight excluding hydrogens is 272 g/mol. The zero-order chi connectivity index (χ0) is 15.4. The molecule has 0 aliphatic carbocycles. The molecule has 1 amide bonds. The highest BCUT2D eigenvalue weighted by molar-refractivity contribution is 5.94. The number of rotatable bonds is 4. The van der Waals surface area contributed by atoms with Gasteiger partial charge in [-0.15, -0.1) is 0 Å². The third-order valence-electron chi connectivity index (χ3n) is 3.91. The normalized spacial score (nSPS) is 18.5. The molecule has 1 aromatic heterocycles. The Hall–Kier alpha value is -2.11. The van der Waals surface area contributed by atoms with Crippen molar-refractivity contribution in [1.29, 1.82) is 0 Å². The summed E-state index contributed by atoms with van der Waals surface area (Å²) in [6, 6.07) is 2.94. The number of aliphatic carboxylic acids is 1. The lowest BCUT2D eigenvalue weighted by Crippen LogP contribution is -2.40. The molecule has 2 rings (SSSR count). The Morgan fingerprint density at radius 1 is 1.38 bits per heavy atom. The summed E-state index contributed by atoms with van der Waals surface area (Å²) in [5.74, 6) is -0.645. The molecule has 1 N–H and O–H groups in total. The number of carboxylic acid groups (broad SMARTS) is 1. The number of pyridine rings is 1. The van der Waals surface area contributed by atoms with E-state index in [1.54, 1.807) is 24.2 Å². The molecule has 1 atom stereocenters. The van der Waals surface area contributed by atoms with Crippen LogP contribution in [0.4, 0.5) is 0 Å². The Balaban J connectivity index is 2.02. The van der Waals surface area contributed by atoms with Gasteiger partial charge in [-0.1, -0.05) is 0 Å². The van der Waals surface area contributed by atoms with E-state index in [-0.39, 0.29) is 23.8 Å². The van der Waals surface area contributed by atoms with Crippen LogP contribution in [0.3, 0.4) is 0 Å². The molecule has 0 radical (unpaired) electrons. The van der Waals surface area contributed by atoms with Crippen LogP contribution >= 0.6 is 0 Å². The lowest BCUT2D eigenvalue weighted by atomic mass is 9.93. The van der Waals surface area contributed by atoms with Crippen molar-refractivity contribution in [2.75, 3.05) is 13.1 Å². The Labute approximate surface area is 123 Å². The molecule has 114 valence electrons. The number of likely N-dealkylation sites (tertiary alicyclic amines) is 1. The summed E-state index contributed by atoms with van der Waals surface area (Å²) in [6.45, 7) is 1.28. The van der Waals surface area contributed by atoms with E-state index < -0.39 is 5.97 Å². The molecular formula is C15H20N2O4. The van der Waals surface area contributed by atoms with Gasteiger partial charge in [0.2, 0.25) is 5.56 Å². The summed E-state index contributed by atoms with van der Waals surface area (Å²) in [5.41, 5.74) is 0.348. The number of hydrogen-bond acceptors (Lipinski definition) is 3. The molecule has 0 aromatic carbocycles. The van der Waals surface area contributed by atoms with Crippen molar-refractivity contribution in [2.45, 2.75) is 25.7 Å². The van der Waals surface area contributed by atoms with Gasteiger partial charge in [-0.3, -0.25) is 14.4 Å². The summed E-state index contributed by atoms with van der Waals surface area (Å²) < 4.78 is 1.39. The molecule has 21 heavy (non-hydrogen) atoms. The summed E-state index contributed by atoms with van der Waals surface area (Å²) in [5, 5.41) is 8.74. The maximum Gasteiger partial charge on any atom is 0.303 e. The molecule has 1 saturated heterocycles. The van der Waals surface area contributed by atoms with Gasteiger partial charge in [-0.05, 0) is 31.2 Å². The average molecular weight is 292 g/mol. The number of amides is 1. The van der Waals surface area contributed by atoms with Crippen LogP contribution in [0, 0.1) is 5.92 Å². The number of carbonyl (C=O) groups is 2. The number of nitrogens with zero attached hydrogens (tertiary/aromatic N) is 2. The predicted octanol–water partition coefficient (Wildman–Crippen LogP) is 1.10. The summed E-state index contributed by atoms with van der Waals surface area (Å²) in [4.78, 5) is 36.2. The number of carboxylic acids is 1. The molecule has 1 fully saturated rings. The fraction of sp³-hybridized carbons (Fsp3) is 0.533. The molecule has 0 bridgehead atoms. The standard InChI is InChI=1S/C15H20N2O4/c1-16-10-12(5-6-13(16)18)15(21)17-8-2-3-11(9-17)4-7-14(19)20/h5-6,10-11H,2-4,7-9H2,1H3,(H,19,20).